The number of aromatic nitrogens is 2. The fourth-order valence-corrected chi connectivity index (χ4v) is 2.66. The Morgan fingerprint density at radius 2 is 2.00 bits per heavy atom. The second-order valence-electron chi connectivity index (χ2n) is 5.59. The van der Waals surface area contributed by atoms with Gasteiger partial charge in [-0.05, 0) is 31.9 Å². The van der Waals surface area contributed by atoms with E-state index in [1.54, 1.807) is 0 Å². The summed E-state index contributed by atoms with van der Waals surface area (Å²) in [6.07, 6.45) is 2.04. The number of hydrogen-bond acceptors (Lipinski definition) is 3. The molecule has 0 radical (unpaired) electrons. The van der Waals surface area contributed by atoms with Gasteiger partial charge in [-0.25, -0.2) is 0 Å². The molecule has 0 unspecified atom stereocenters. The summed E-state index contributed by atoms with van der Waals surface area (Å²) in [6.45, 7) is 5.86. The first-order chi connectivity index (χ1) is 9.02. The van der Waals surface area contributed by atoms with Crippen molar-refractivity contribution in [3.05, 3.63) is 17.5 Å². The normalized spacial score (nSPS) is 16.4. The van der Waals surface area contributed by atoms with Gasteiger partial charge in [-0.2, -0.15) is 5.10 Å². The fraction of sp³-hybridized carbons (Fsp3) is 0.714. The van der Waals surface area contributed by atoms with E-state index in [1.807, 2.05) is 29.7 Å². The van der Waals surface area contributed by atoms with Crippen LogP contribution in [0.25, 0.3) is 0 Å². The van der Waals surface area contributed by atoms with Crippen LogP contribution in [0.4, 0.5) is 0 Å². The molecular formula is C14H25ClN4O. The monoisotopic (exact) mass is 300 g/mol. The zero-order valence-corrected chi connectivity index (χ0v) is 13.5. The van der Waals surface area contributed by atoms with Crippen LogP contribution in [0, 0.1) is 0 Å². The number of carbonyl (C=O) groups is 1. The molecule has 1 aliphatic heterocycles. The van der Waals surface area contributed by atoms with Crippen LogP contribution in [-0.4, -0.2) is 46.8 Å². The molecule has 1 saturated heterocycles. The highest BCUT2D eigenvalue weighted by molar-refractivity contribution is 5.92. The van der Waals surface area contributed by atoms with Gasteiger partial charge in [0.25, 0.3) is 5.91 Å². The lowest BCUT2D eigenvalue weighted by atomic mass is 10.0. The molecule has 114 valence electrons. The Morgan fingerprint density at radius 1 is 1.40 bits per heavy atom. The predicted octanol–water partition coefficient (Wildman–Crippen LogP) is 1.79. The van der Waals surface area contributed by atoms with Crippen molar-refractivity contribution in [1.82, 2.24) is 20.0 Å². The second-order valence-corrected chi connectivity index (χ2v) is 5.59. The molecule has 1 N–H and O–H groups in total. The largest absolute Gasteiger partial charge is 0.337 e. The van der Waals surface area contributed by atoms with Crippen molar-refractivity contribution >= 4 is 18.3 Å². The quantitative estimate of drug-likeness (QED) is 0.926. The average molecular weight is 301 g/mol. The molecule has 1 aromatic rings. The number of halogens is 1. The van der Waals surface area contributed by atoms with Crippen LogP contribution in [0.15, 0.2) is 6.07 Å². The number of aryl methyl sites for hydroxylation is 1. The maximum atomic E-state index is 12.4. The fourth-order valence-electron chi connectivity index (χ4n) is 2.66. The predicted molar refractivity (Wildman–Crippen MR) is 82.5 cm³/mol. The van der Waals surface area contributed by atoms with Gasteiger partial charge in [0.15, 0.2) is 5.69 Å². The Bertz CT molecular complexity index is 450. The van der Waals surface area contributed by atoms with Crippen molar-refractivity contribution in [3.8, 4) is 0 Å². The van der Waals surface area contributed by atoms with Crippen molar-refractivity contribution in [3.63, 3.8) is 0 Å². The van der Waals surface area contributed by atoms with E-state index in [-0.39, 0.29) is 18.3 Å². The van der Waals surface area contributed by atoms with Crippen LogP contribution in [-0.2, 0) is 7.05 Å². The molecular weight excluding hydrogens is 276 g/mol. The van der Waals surface area contributed by atoms with Gasteiger partial charge in [0.05, 0.1) is 0 Å². The highest BCUT2D eigenvalue weighted by Crippen LogP contribution is 2.18. The molecule has 0 spiro atoms. The summed E-state index contributed by atoms with van der Waals surface area (Å²) >= 11 is 0. The van der Waals surface area contributed by atoms with Crippen LogP contribution >= 0.6 is 12.4 Å². The molecule has 2 heterocycles. The molecule has 1 aromatic heterocycles. The first kappa shape index (κ1) is 17.0. The number of rotatable bonds is 3. The zero-order valence-electron chi connectivity index (χ0n) is 12.7. The molecule has 6 heteroatoms. The van der Waals surface area contributed by atoms with Gasteiger partial charge in [-0.1, -0.05) is 13.8 Å². The molecule has 20 heavy (non-hydrogen) atoms. The van der Waals surface area contributed by atoms with E-state index < -0.39 is 0 Å². The van der Waals surface area contributed by atoms with E-state index in [9.17, 15) is 4.79 Å². The highest BCUT2D eigenvalue weighted by Gasteiger charge is 2.25. The summed E-state index contributed by atoms with van der Waals surface area (Å²) in [5, 5.41) is 7.63. The van der Waals surface area contributed by atoms with Crippen LogP contribution in [0.1, 0.15) is 48.8 Å². The molecule has 0 saturated carbocycles. The van der Waals surface area contributed by atoms with E-state index in [4.69, 9.17) is 0 Å². The van der Waals surface area contributed by atoms with E-state index >= 15 is 0 Å². The molecule has 0 aliphatic carbocycles. The molecule has 0 aromatic carbocycles. The molecule has 2 rings (SSSR count). The minimum atomic E-state index is 0. The molecule has 1 aliphatic rings. The van der Waals surface area contributed by atoms with Crippen molar-refractivity contribution in [1.29, 1.82) is 0 Å². The zero-order chi connectivity index (χ0) is 14.0. The Morgan fingerprint density at radius 3 is 2.45 bits per heavy atom. The maximum absolute atomic E-state index is 12.4. The molecule has 0 atom stereocenters. The van der Waals surface area contributed by atoms with Crippen LogP contribution in [0.2, 0.25) is 0 Å². The first-order valence-electron chi connectivity index (χ1n) is 7.03. The number of hydrogen-bond donors (Lipinski definition) is 1. The van der Waals surface area contributed by atoms with E-state index in [0.29, 0.717) is 17.7 Å². The van der Waals surface area contributed by atoms with Gasteiger partial charge in [0.2, 0.25) is 0 Å². The third kappa shape index (κ3) is 3.52. The number of amides is 1. The lowest BCUT2D eigenvalue weighted by Crippen LogP contribution is -2.44. The van der Waals surface area contributed by atoms with Crippen LogP contribution in [0.5, 0.6) is 0 Å². The van der Waals surface area contributed by atoms with Crippen LogP contribution < -0.4 is 5.32 Å². The van der Waals surface area contributed by atoms with Crippen molar-refractivity contribution in [2.24, 2.45) is 7.05 Å². The van der Waals surface area contributed by atoms with Gasteiger partial charge in [0, 0.05) is 31.9 Å². The third-order valence-electron chi connectivity index (χ3n) is 3.92. The third-order valence-corrected chi connectivity index (χ3v) is 3.92. The van der Waals surface area contributed by atoms with Crippen LogP contribution in [0.3, 0.4) is 0 Å². The minimum Gasteiger partial charge on any atom is -0.337 e. The Balaban J connectivity index is 0.00000200. The summed E-state index contributed by atoms with van der Waals surface area (Å²) in [4.78, 5) is 14.3. The topological polar surface area (TPSA) is 50.2 Å². The standard InChI is InChI=1S/C14H24N4O.ClH/c1-10(2)13-9-12(16-17(13)4)14(19)18-7-5-11(15-3)6-8-18;/h9-11,15H,5-8H2,1-4H3;1H. The first-order valence-corrected chi connectivity index (χ1v) is 7.03. The maximum Gasteiger partial charge on any atom is 0.274 e. The lowest BCUT2D eigenvalue weighted by molar-refractivity contribution is 0.0700. The minimum absolute atomic E-state index is 0. The van der Waals surface area contributed by atoms with E-state index in [0.717, 1.165) is 31.6 Å². The lowest BCUT2D eigenvalue weighted by Gasteiger charge is -2.31. The van der Waals surface area contributed by atoms with Gasteiger partial charge in [-0.3, -0.25) is 9.48 Å². The summed E-state index contributed by atoms with van der Waals surface area (Å²) in [5.41, 5.74) is 1.68. The van der Waals surface area contributed by atoms with E-state index in [2.05, 4.69) is 24.3 Å². The number of carbonyl (C=O) groups excluding carboxylic acids is 1. The average Bonchev–Trinajstić information content (AvgIpc) is 2.80. The van der Waals surface area contributed by atoms with E-state index in [1.165, 1.54) is 0 Å². The summed E-state index contributed by atoms with van der Waals surface area (Å²) in [7, 11) is 3.88. The van der Waals surface area contributed by atoms with Gasteiger partial charge in [0.1, 0.15) is 0 Å². The summed E-state index contributed by atoms with van der Waals surface area (Å²) < 4.78 is 1.82. The second kappa shape index (κ2) is 7.09. The number of nitrogens with one attached hydrogen (secondary N) is 1. The van der Waals surface area contributed by atoms with Crippen molar-refractivity contribution in [2.45, 2.75) is 38.6 Å². The molecule has 1 fully saturated rings. The Hall–Kier alpha value is -1.07. The number of nitrogens with zero attached hydrogens (tertiary/aromatic N) is 3. The Kier molecular flexibility index (Phi) is 6.02. The van der Waals surface area contributed by atoms with Crippen molar-refractivity contribution < 1.29 is 4.79 Å². The number of likely N-dealkylation sites (tertiary alicyclic amines) is 1. The molecule has 1 amide bonds. The number of piperidine rings is 1. The van der Waals surface area contributed by atoms with Crippen molar-refractivity contribution in [2.75, 3.05) is 20.1 Å². The Labute approximate surface area is 127 Å². The van der Waals surface area contributed by atoms with Gasteiger partial charge in [-0.15, -0.1) is 12.4 Å². The SMILES string of the molecule is CNC1CCN(C(=O)c2cc(C(C)C)n(C)n2)CC1.Cl. The van der Waals surface area contributed by atoms with Gasteiger partial charge >= 0.3 is 0 Å². The molecule has 0 bridgehead atoms. The smallest absolute Gasteiger partial charge is 0.274 e. The van der Waals surface area contributed by atoms with Gasteiger partial charge < -0.3 is 10.2 Å². The molecule has 5 nitrogen and oxygen atoms in total. The highest BCUT2D eigenvalue weighted by atomic mass is 35.5. The summed E-state index contributed by atoms with van der Waals surface area (Å²) in [5.74, 6) is 0.450. The summed E-state index contributed by atoms with van der Waals surface area (Å²) in [6, 6.07) is 2.47.